The number of nitrogens with two attached hydrogens (primary N) is 1. The molecule has 0 aliphatic heterocycles. The molecule has 2 N–H and O–H groups in total. The molecule has 14 heavy (non-hydrogen) atoms. The van der Waals surface area contributed by atoms with Crippen molar-refractivity contribution in [2.24, 2.45) is 5.73 Å². The topological polar surface area (TPSA) is 61.5 Å². The van der Waals surface area contributed by atoms with Crippen molar-refractivity contribution in [2.45, 2.75) is 38.7 Å². The monoisotopic (exact) mass is 203 g/mol. The zero-order chi connectivity index (χ0) is 11.0. The molecule has 0 radical (unpaired) electrons. The summed E-state index contributed by atoms with van der Waals surface area (Å²) in [5.41, 5.74) is 5.04. The molecular formula is C10H21NO3. The van der Waals surface area contributed by atoms with Gasteiger partial charge in [0.25, 0.3) is 0 Å². The van der Waals surface area contributed by atoms with Gasteiger partial charge in [-0.05, 0) is 26.8 Å². The van der Waals surface area contributed by atoms with Crippen LogP contribution in [0.1, 0.15) is 33.1 Å². The Morgan fingerprint density at radius 2 is 2.07 bits per heavy atom. The highest BCUT2D eigenvalue weighted by molar-refractivity contribution is 5.69. The van der Waals surface area contributed by atoms with Gasteiger partial charge in [0, 0.05) is 20.0 Å². The maximum atomic E-state index is 11.1. The molecule has 0 fully saturated rings. The third kappa shape index (κ3) is 6.86. The third-order valence-corrected chi connectivity index (χ3v) is 2.10. The minimum atomic E-state index is -0.228. The number of carbonyl (C=O) groups is 1. The molecule has 0 amide bonds. The number of ether oxygens (including phenoxy) is 2. The molecule has 0 saturated heterocycles. The van der Waals surface area contributed by atoms with Gasteiger partial charge in [0.2, 0.25) is 0 Å². The lowest BCUT2D eigenvalue weighted by Crippen LogP contribution is -2.25. The van der Waals surface area contributed by atoms with Crippen LogP contribution in [-0.4, -0.2) is 31.8 Å². The SMILES string of the molecule is COC(C)(C)CCOC(=O)CCCN. The molecule has 0 unspecified atom stereocenters. The lowest BCUT2D eigenvalue weighted by molar-refractivity contribution is -0.145. The summed E-state index contributed by atoms with van der Waals surface area (Å²) < 4.78 is 10.2. The van der Waals surface area contributed by atoms with Gasteiger partial charge in [-0.15, -0.1) is 0 Å². The fourth-order valence-corrected chi connectivity index (χ4v) is 0.831. The average Bonchev–Trinajstić information content (AvgIpc) is 2.14. The first kappa shape index (κ1) is 13.4. The van der Waals surface area contributed by atoms with Crippen molar-refractivity contribution in [3.8, 4) is 0 Å². The van der Waals surface area contributed by atoms with E-state index >= 15 is 0 Å². The van der Waals surface area contributed by atoms with Crippen molar-refractivity contribution in [3.63, 3.8) is 0 Å². The molecule has 0 rings (SSSR count). The van der Waals surface area contributed by atoms with Crippen molar-refractivity contribution in [1.82, 2.24) is 0 Å². The summed E-state index contributed by atoms with van der Waals surface area (Å²) in [7, 11) is 1.65. The minimum absolute atomic E-state index is 0.178. The van der Waals surface area contributed by atoms with Gasteiger partial charge in [0.05, 0.1) is 12.2 Å². The van der Waals surface area contributed by atoms with Gasteiger partial charge in [0.15, 0.2) is 0 Å². The van der Waals surface area contributed by atoms with Crippen LogP contribution >= 0.6 is 0 Å². The second-order valence-electron chi connectivity index (χ2n) is 3.83. The lowest BCUT2D eigenvalue weighted by atomic mass is 10.1. The number of rotatable bonds is 7. The standard InChI is InChI=1S/C10H21NO3/c1-10(2,13-3)6-8-14-9(12)5-4-7-11/h4-8,11H2,1-3H3. The van der Waals surface area contributed by atoms with Gasteiger partial charge >= 0.3 is 5.97 Å². The summed E-state index contributed by atoms with van der Waals surface area (Å²) in [5, 5.41) is 0. The highest BCUT2D eigenvalue weighted by Crippen LogP contribution is 2.12. The van der Waals surface area contributed by atoms with E-state index in [-0.39, 0.29) is 11.6 Å². The van der Waals surface area contributed by atoms with E-state index in [1.54, 1.807) is 7.11 Å². The Hall–Kier alpha value is -0.610. The van der Waals surface area contributed by atoms with Crippen molar-refractivity contribution >= 4 is 5.97 Å². The van der Waals surface area contributed by atoms with Crippen LogP contribution in [0.15, 0.2) is 0 Å². The van der Waals surface area contributed by atoms with Crippen molar-refractivity contribution < 1.29 is 14.3 Å². The molecule has 0 aliphatic carbocycles. The zero-order valence-corrected chi connectivity index (χ0v) is 9.34. The Morgan fingerprint density at radius 1 is 1.43 bits per heavy atom. The fourth-order valence-electron chi connectivity index (χ4n) is 0.831. The van der Waals surface area contributed by atoms with Crippen LogP contribution in [0.3, 0.4) is 0 Å². The molecule has 0 aromatic carbocycles. The molecular weight excluding hydrogens is 182 g/mol. The van der Waals surface area contributed by atoms with E-state index in [0.29, 0.717) is 32.4 Å². The van der Waals surface area contributed by atoms with E-state index in [9.17, 15) is 4.79 Å². The number of hydrogen-bond donors (Lipinski definition) is 1. The van der Waals surface area contributed by atoms with Crippen LogP contribution in [0.4, 0.5) is 0 Å². The number of esters is 1. The van der Waals surface area contributed by atoms with Gasteiger partial charge < -0.3 is 15.2 Å². The first-order valence-electron chi connectivity index (χ1n) is 4.92. The number of methoxy groups -OCH3 is 1. The summed E-state index contributed by atoms with van der Waals surface area (Å²) in [5.74, 6) is -0.178. The van der Waals surface area contributed by atoms with E-state index in [1.165, 1.54) is 0 Å². The molecule has 0 bridgehead atoms. The second kappa shape index (κ2) is 6.79. The largest absolute Gasteiger partial charge is 0.466 e. The van der Waals surface area contributed by atoms with Crippen LogP contribution in [0.25, 0.3) is 0 Å². The normalized spacial score (nSPS) is 11.4. The van der Waals surface area contributed by atoms with Crippen molar-refractivity contribution in [2.75, 3.05) is 20.3 Å². The lowest BCUT2D eigenvalue weighted by Gasteiger charge is -2.22. The summed E-state index contributed by atoms with van der Waals surface area (Å²) in [6.45, 7) is 4.85. The van der Waals surface area contributed by atoms with Crippen LogP contribution in [-0.2, 0) is 14.3 Å². The van der Waals surface area contributed by atoms with Gasteiger partial charge in [0.1, 0.15) is 0 Å². The van der Waals surface area contributed by atoms with E-state index < -0.39 is 0 Å². The van der Waals surface area contributed by atoms with E-state index in [1.807, 2.05) is 13.8 Å². The Labute approximate surface area is 85.8 Å². The van der Waals surface area contributed by atoms with E-state index in [4.69, 9.17) is 15.2 Å². The fraction of sp³-hybridized carbons (Fsp3) is 0.900. The first-order chi connectivity index (χ1) is 6.52. The van der Waals surface area contributed by atoms with E-state index in [0.717, 1.165) is 0 Å². The Morgan fingerprint density at radius 3 is 2.57 bits per heavy atom. The Bertz CT molecular complexity index is 169. The maximum Gasteiger partial charge on any atom is 0.305 e. The predicted molar refractivity (Wildman–Crippen MR) is 55.0 cm³/mol. The molecule has 0 aliphatic rings. The Kier molecular flexibility index (Phi) is 6.49. The molecule has 4 heteroatoms. The third-order valence-electron chi connectivity index (χ3n) is 2.10. The molecule has 0 aromatic heterocycles. The highest BCUT2D eigenvalue weighted by Gasteiger charge is 2.16. The quantitative estimate of drug-likeness (QED) is 0.629. The highest BCUT2D eigenvalue weighted by atomic mass is 16.5. The second-order valence-corrected chi connectivity index (χ2v) is 3.83. The summed E-state index contributed by atoms with van der Waals surface area (Å²) in [6, 6.07) is 0. The smallest absolute Gasteiger partial charge is 0.305 e. The molecule has 84 valence electrons. The van der Waals surface area contributed by atoms with Crippen LogP contribution < -0.4 is 5.73 Å². The number of carbonyl (C=O) groups excluding carboxylic acids is 1. The first-order valence-corrected chi connectivity index (χ1v) is 4.92. The Balaban J connectivity index is 3.49. The van der Waals surface area contributed by atoms with Crippen LogP contribution in [0.5, 0.6) is 0 Å². The molecule has 0 saturated carbocycles. The average molecular weight is 203 g/mol. The van der Waals surface area contributed by atoms with Crippen LogP contribution in [0.2, 0.25) is 0 Å². The van der Waals surface area contributed by atoms with Crippen molar-refractivity contribution in [1.29, 1.82) is 0 Å². The molecule has 0 aromatic rings. The van der Waals surface area contributed by atoms with Crippen LogP contribution in [0, 0.1) is 0 Å². The maximum absolute atomic E-state index is 11.1. The zero-order valence-electron chi connectivity index (χ0n) is 9.34. The van der Waals surface area contributed by atoms with Gasteiger partial charge in [-0.1, -0.05) is 0 Å². The minimum Gasteiger partial charge on any atom is -0.466 e. The van der Waals surface area contributed by atoms with E-state index in [2.05, 4.69) is 0 Å². The summed E-state index contributed by atoms with van der Waals surface area (Å²) in [4.78, 5) is 11.1. The summed E-state index contributed by atoms with van der Waals surface area (Å²) in [6.07, 6.45) is 1.80. The molecule has 4 nitrogen and oxygen atoms in total. The number of hydrogen-bond acceptors (Lipinski definition) is 4. The molecule has 0 spiro atoms. The van der Waals surface area contributed by atoms with Gasteiger partial charge in [-0.3, -0.25) is 4.79 Å². The van der Waals surface area contributed by atoms with Crippen molar-refractivity contribution in [3.05, 3.63) is 0 Å². The van der Waals surface area contributed by atoms with Gasteiger partial charge in [-0.2, -0.15) is 0 Å². The summed E-state index contributed by atoms with van der Waals surface area (Å²) >= 11 is 0. The predicted octanol–water partition coefficient (Wildman–Crippen LogP) is 1.08. The molecule has 0 atom stereocenters. The van der Waals surface area contributed by atoms with Gasteiger partial charge in [-0.25, -0.2) is 0 Å². The molecule has 0 heterocycles.